The second-order valence-corrected chi connectivity index (χ2v) is 8.17. The van der Waals surface area contributed by atoms with E-state index in [-0.39, 0.29) is 35.0 Å². The number of carboxylic acid groups (broad SMARTS) is 1. The van der Waals surface area contributed by atoms with E-state index in [1.54, 1.807) is 6.07 Å². The van der Waals surface area contributed by atoms with E-state index in [1.165, 1.54) is 5.56 Å². The number of aliphatic carboxylic acids is 1. The first-order chi connectivity index (χ1) is 16.1. The summed E-state index contributed by atoms with van der Waals surface area (Å²) < 4.78 is 0. The molecule has 1 radical (unpaired) electrons. The molecule has 3 aromatic carbocycles. The number of carbonyl (C=O) groups excluding carboxylic acids is 1. The van der Waals surface area contributed by atoms with Crippen molar-refractivity contribution < 1.29 is 31.2 Å². The summed E-state index contributed by atoms with van der Waals surface area (Å²) in [5.74, 6) is -1.16. The van der Waals surface area contributed by atoms with Crippen LogP contribution in [-0.4, -0.2) is 41.0 Å². The van der Waals surface area contributed by atoms with Crippen LogP contribution in [0.1, 0.15) is 35.6 Å². The van der Waals surface area contributed by atoms with Crippen molar-refractivity contribution >= 4 is 17.6 Å². The minimum Gasteiger partial charge on any atom is -0.643 e. The molecule has 0 aromatic heterocycles. The number of hydrogen-bond donors (Lipinski definition) is 1. The third kappa shape index (κ3) is 6.54. The average molecular weight is 500 g/mol. The molecule has 1 N–H and O–H groups in total. The second-order valence-electron chi connectivity index (χ2n) is 8.17. The SMILES string of the molecule is O=C(O)C[N-][C@@H](c1ccccc1)c1ccccc1[N-]C(=O)C1CCCN1Cc1ccccc1.[Ni+3]. The molecule has 1 aliphatic heterocycles. The number of likely N-dealkylation sites (tertiary alicyclic amines) is 1. The van der Waals surface area contributed by atoms with Gasteiger partial charge in [0.05, 0.1) is 11.9 Å². The van der Waals surface area contributed by atoms with Crippen molar-refractivity contribution in [2.24, 2.45) is 0 Å². The van der Waals surface area contributed by atoms with Crippen LogP contribution in [0.25, 0.3) is 10.6 Å². The number of carboxylic acids is 1. The molecule has 1 heterocycles. The van der Waals surface area contributed by atoms with Gasteiger partial charge in [-0.25, -0.2) is 0 Å². The van der Waals surface area contributed by atoms with E-state index < -0.39 is 12.0 Å². The van der Waals surface area contributed by atoms with E-state index in [1.807, 2.05) is 66.7 Å². The molecule has 0 bridgehead atoms. The Hall–Kier alpha value is -2.99. The molecule has 0 aliphatic carbocycles. The zero-order valence-electron chi connectivity index (χ0n) is 18.7. The summed E-state index contributed by atoms with van der Waals surface area (Å²) in [4.78, 5) is 26.7. The van der Waals surface area contributed by atoms with Crippen LogP contribution in [0.4, 0.5) is 5.69 Å². The summed E-state index contributed by atoms with van der Waals surface area (Å²) in [6.45, 7) is 1.26. The number of nitrogens with zero attached hydrogens (tertiary/aromatic N) is 3. The van der Waals surface area contributed by atoms with Gasteiger partial charge in [-0.05, 0) is 31.5 Å². The maximum absolute atomic E-state index is 13.3. The van der Waals surface area contributed by atoms with E-state index in [4.69, 9.17) is 0 Å². The van der Waals surface area contributed by atoms with E-state index in [0.717, 1.165) is 37.1 Å². The van der Waals surface area contributed by atoms with Gasteiger partial charge in [-0.2, -0.15) is 0 Å². The molecule has 177 valence electrons. The van der Waals surface area contributed by atoms with Crippen molar-refractivity contribution in [1.29, 1.82) is 0 Å². The van der Waals surface area contributed by atoms with Crippen LogP contribution in [-0.2, 0) is 32.6 Å². The molecule has 3 aromatic rings. The smallest absolute Gasteiger partial charge is 0.643 e. The Morgan fingerprint density at radius 1 is 0.941 bits per heavy atom. The molecule has 1 unspecified atom stereocenters. The molecule has 1 fully saturated rings. The number of benzene rings is 3. The Morgan fingerprint density at radius 3 is 2.29 bits per heavy atom. The first-order valence-corrected chi connectivity index (χ1v) is 11.2. The Morgan fingerprint density at radius 2 is 1.59 bits per heavy atom. The molecule has 1 amide bonds. The largest absolute Gasteiger partial charge is 3.00 e. The van der Waals surface area contributed by atoms with Gasteiger partial charge in [0, 0.05) is 6.54 Å². The third-order valence-electron chi connectivity index (χ3n) is 5.86. The zero-order chi connectivity index (χ0) is 23.0. The summed E-state index contributed by atoms with van der Waals surface area (Å²) in [7, 11) is 0. The molecule has 34 heavy (non-hydrogen) atoms. The van der Waals surface area contributed by atoms with Crippen molar-refractivity contribution in [2.75, 3.05) is 13.1 Å². The van der Waals surface area contributed by atoms with Crippen molar-refractivity contribution in [3.63, 3.8) is 0 Å². The molecule has 1 saturated heterocycles. The van der Waals surface area contributed by atoms with Crippen LogP contribution < -0.4 is 0 Å². The summed E-state index contributed by atoms with van der Waals surface area (Å²) >= 11 is 0. The quantitative estimate of drug-likeness (QED) is 0.398. The van der Waals surface area contributed by atoms with Gasteiger partial charge >= 0.3 is 16.5 Å². The van der Waals surface area contributed by atoms with Crippen molar-refractivity contribution in [3.8, 4) is 0 Å². The van der Waals surface area contributed by atoms with Crippen molar-refractivity contribution in [1.82, 2.24) is 4.90 Å². The summed E-state index contributed by atoms with van der Waals surface area (Å²) in [6, 6.07) is 26.2. The van der Waals surface area contributed by atoms with Gasteiger partial charge in [-0.15, -0.1) is 5.69 Å². The summed E-state index contributed by atoms with van der Waals surface area (Å²) in [6.07, 6.45) is 1.74. The van der Waals surface area contributed by atoms with Gasteiger partial charge < -0.3 is 20.5 Å². The first-order valence-electron chi connectivity index (χ1n) is 11.2. The molecule has 4 rings (SSSR count). The van der Waals surface area contributed by atoms with Gasteiger partial charge in [0.1, 0.15) is 0 Å². The number of hydrogen-bond acceptors (Lipinski definition) is 3. The van der Waals surface area contributed by atoms with E-state index in [2.05, 4.69) is 27.7 Å². The van der Waals surface area contributed by atoms with Gasteiger partial charge in [0.15, 0.2) is 0 Å². The fourth-order valence-electron chi connectivity index (χ4n) is 4.31. The first kappa shape index (κ1) is 25.6. The number of carbonyl (C=O) groups is 2. The molecule has 0 spiro atoms. The minimum atomic E-state index is -0.996. The van der Waals surface area contributed by atoms with E-state index in [9.17, 15) is 14.7 Å². The fraction of sp³-hybridized carbons (Fsp3) is 0.259. The second kappa shape index (κ2) is 12.5. The summed E-state index contributed by atoms with van der Waals surface area (Å²) in [5.41, 5.74) is 3.30. The van der Waals surface area contributed by atoms with Gasteiger partial charge in [0.25, 0.3) is 5.97 Å². The number of amides is 1. The third-order valence-corrected chi connectivity index (χ3v) is 5.86. The van der Waals surface area contributed by atoms with Gasteiger partial charge in [0.2, 0.25) is 0 Å². The standard InChI is InChI=1S/C27H28N3O3.Ni/c31-25(32)18-28-26(21-12-5-2-6-13-21)22-14-7-8-15-23(22)29-27(33)24-16-9-17-30(24)19-20-10-3-1-4-11-20;/h1-8,10-15,24,26H,9,16-19H2,(H2,29,31,32,33);/q-1;+3/p-1/t24?,26-;/m0./s1. The van der Waals surface area contributed by atoms with Crippen LogP contribution in [0.3, 0.4) is 0 Å². The Labute approximate surface area is 210 Å². The average Bonchev–Trinajstić information content (AvgIpc) is 3.29. The normalized spacial score (nSPS) is 16.4. The van der Waals surface area contributed by atoms with Gasteiger partial charge in [-0.1, -0.05) is 102 Å². The van der Waals surface area contributed by atoms with Crippen LogP contribution >= 0.6 is 0 Å². The molecule has 6 nitrogen and oxygen atoms in total. The number of rotatable bonds is 9. The van der Waals surface area contributed by atoms with Crippen LogP contribution in [0.5, 0.6) is 0 Å². The van der Waals surface area contributed by atoms with Crippen molar-refractivity contribution in [3.05, 3.63) is 112 Å². The van der Waals surface area contributed by atoms with Crippen LogP contribution in [0.2, 0.25) is 0 Å². The van der Waals surface area contributed by atoms with Crippen LogP contribution in [0, 0.1) is 0 Å². The monoisotopic (exact) mass is 499 g/mol. The van der Waals surface area contributed by atoms with Crippen LogP contribution in [0.15, 0.2) is 84.9 Å². The predicted molar refractivity (Wildman–Crippen MR) is 128 cm³/mol. The maximum atomic E-state index is 13.3. The Kier molecular flexibility index (Phi) is 9.40. The molecule has 0 saturated carbocycles. The molecule has 2 atom stereocenters. The van der Waals surface area contributed by atoms with Crippen molar-refractivity contribution in [2.45, 2.75) is 31.5 Å². The minimum absolute atomic E-state index is 0. The predicted octanol–water partition coefficient (Wildman–Crippen LogP) is 5.43. The molecular weight excluding hydrogens is 473 g/mol. The Balaban J connectivity index is 0.00000324. The zero-order valence-corrected chi connectivity index (χ0v) is 19.7. The Bertz CT molecular complexity index is 1080. The molecular formula is C27H27N3NiO3+. The molecule has 1 aliphatic rings. The topological polar surface area (TPSA) is 85.8 Å². The fourth-order valence-corrected chi connectivity index (χ4v) is 4.31. The van der Waals surface area contributed by atoms with Gasteiger partial charge in [-0.3, -0.25) is 9.69 Å². The molecule has 7 heteroatoms. The number of para-hydroxylation sites is 1. The summed E-state index contributed by atoms with van der Waals surface area (Å²) in [5, 5.41) is 18.1. The van der Waals surface area contributed by atoms with E-state index in [0.29, 0.717) is 5.69 Å². The van der Waals surface area contributed by atoms with E-state index >= 15 is 0 Å². The maximum Gasteiger partial charge on any atom is 3.00 e.